The molecule has 0 aliphatic heterocycles. The van der Waals surface area contributed by atoms with E-state index < -0.39 is 5.97 Å². The van der Waals surface area contributed by atoms with Gasteiger partial charge in [-0.3, -0.25) is 5.43 Å². The zero-order valence-corrected chi connectivity index (χ0v) is 19.3. The number of nitrogens with one attached hydrogen (secondary N) is 1. The number of nitrogens with zero attached hydrogens (tertiary/aromatic N) is 2. The fraction of sp³-hybridized carbons (Fsp3) is 0.208. The maximum atomic E-state index is 11.9. The van der Waals surface area contributed by atoms with Crippen LogP contribution < -0.4 is 15.5 Å². The first-order chi connectivity index (χ1) is 15.4. The topological polar surface area (TPSA) is 86.0 Å². The summed E-state index contributed by atoms with van der Waals surface area (Å²) in [6, 6.07) is 13.6. The van der Waals surface area contributed by atoms with Gasteiger partial charge in [0.1, 0.15) is 22.0 Å². The van der Waals surface area contributed by atoms with Gasteiger partial charge in [0.05, 0.1) is 25.3 Å². The number of ether oxygens (including phenoxy) is 2. The standard InChI is InChI=1S/C24H23N3O4S/c1-13-10-14(2)21-18(26-27-24-25-15(3)22(32-24)23(28)30-5)12-19(31-20(21)11-13)16-6-8-17(29-4)9-7-16/h6-12H,1-5H3,(H,25,27)/b26-18-. The largest absolute Gasteiger partial charge is 0.497 e. The van der Waals surface area contributed by atoms with Crippen molar-refractivity contribution in [3.05, 3.63) is 69.5 Å². The van der Waals surface area contributed by atoms with Gasteiger partial charge in [0.15, 0.2) is 0 Å². The van der Waals surface area contributed by atoms with Crippen molar-refractivity contribution in [1.82, 2.24) is 4.98 Å². The van der Waals surface area contributed by atoms with Gasteiger partial charge in [-0.2, -0.15) is 5.10 Å². The molecule has 4 rings (SSSR count). The summed E-state index contributed by atoms with van der Waals surface area (Å²) in [6.45, 7) is 5.82. The van der Waals surface area contributed by atoms with E-state index in [1.807, 2.05) is 50.2 Å². The van der Waals surface area contributed by atoms with Gasteiger partial charge in [-0.15, -0.1) is 0 Å². The summed E-state index contributed by atoms with van der Waals surface area (Å²) >= 11 is 1.20. The summed E-state index contributed by atoms with van der Waals surface area (Å²) in [6.07, 6.45) is 0. The van der Waals surface area contributed by atoms with E-state index in [-0.39, 0.29) is 0 Å². The zero-order chi connectivity index (χ0) is 22.8. The molecular weight excluding hydrogens is 426 g/mol. The van der Waals surface area contributed by atoms with E-state index in [4.69, 9.17) is 13.9 Å². The van der Waals surface area contributed by atoms with Crippen molar-refractivity contribution in [1.29, 1.82) is 0 Å². The Morgan fingerprint density at radius 2 is 1.84 bits per heavy atom. The third-order valence-corrected chi connectivity index (χ3v) is 6.04. The van der Waals surface area contributed by atoms with Crippen molar-refractivity contribution in [2.24, 2.45) is 5.10 Å². The number of esters is 1. The quantitative estimate of drug-likeness (QED) is 0.333. The molecule has 0 aliphatic carbocycles. The summed E-state index contributed by atoms with van der Waals surface area (Å²) in [5.41, 5.74) is 7.38. The molecule has 1 N–H and O–H groups in total. The number of benzene rings is 2. The molecule has 0 aliphatic rings. The average Bonchev–Trinajstić information content (AvgIpc) is 3.16. The smallest absolute Gasteiger partial charge is 0.350 e. The molecular formula is C24H23N3O4S. The van der Waals surface area contributed by atoms with E-state index in [9.17, 15) is 4.79 Å². The van der Waals surface area contributed by atoms with E-state index in [0.29, 0.717) is 26.8 Å². The number of aromatic nitrogens is 1. The second kappa shape index (κ2) is 8.84. The fourth-order valence-electron chi connectivity index (χ4n) is 3.50. The Balaban J connectivity index is 1.84. The van der Waals surface area contributed by atoms with Crippen LogP contribution in [0, 0.1) is 20.8 Å². The van der Waals surface area contributed by atoms with E-state index in [0.717, 1.165) is 33.4 Å². The van der Waals surface area contributed by atoms with Crippen LogP contribution in [0.15, 0.2) is 52.0 Å². The van der Waals surface area contributed by atoms with Crippen LogP contribution in [0.2, 0.25) is 0 Å². The minimum atomic E-state index is -0.412. The van der Waals surface area contributed by atoms with Gasteiger partial charge < -0.3 is 13.9 Å². The van der Waals surface area contributed by atoms with Crippen LogP contribution in [0.25, 0.3) is 22.3 Å². The Labute approximate surface area is 189 Å². The number of methoxy groups -OCH3 is 2. The summed E-state index contributed by atoms with van der Waals surface area (Å²) in [5, 5.41) is 6.74. The van der Waals surface area contributed by atoms with Crippen LogP contribution in [0.5, 0.6) is 5.75 Å². The van der Waals surface area contributed by atoms with E-state index in [1.54, 1.807) is 14.0 Å². The summed E-state index contributed by atoms with van der Waals surface area (Å²) in [7, 11) is 2.99. The molecule has 0 radical (unpaired) electrons. The minimum Gasteiger partial charge on any atom is -0.497 e. The number of fused-ring (bicyclic) bond motifs is 1. The Hall–Kier alpha value is -3.65. The highest BCUT2D eigenvalue weighted by molar-refractivity contribution is 7.17. The lowest BCUT2D eigenvalue weighted by atomic mass is 10.0. The molecule has 0 spiro atoms. The highest BCUT2D eigenvalue weighted by Gasteiger charge is 2.15. The maximum Gasteiger partial charge on any atom is 0.350 e. The van der Waals surface area contributed by atoms with Gasteiger partial charge >= 0.3 is 5.97 Å². The predicted octanol–water partition coefficient (Wildman–Crippen LogP) is 5.20. The number of aryl methyl sites for hydroxylation is 3. The molecule has 2 aromatic heterocycles. The third-order valence-electron chi connectivity index (χ3n) is 5.00. The van der Waals surface area contributed by atoms with Crippen LogP contribution in [0.4, 0.5) is 5.13 Å². The molecule has 7 nitrogen and oxygen atoms in total. The third kappa shape index (κ3) is 4.22. The summed E-state index contributed by atoms with van der Waals surface area (Å²) < 4.78 is 16.3. The number of carbonyl (C=O) groups is 1. The van der Waals surface area contributed by atoms with Crippen LogP contribution in [0.1, 0.15) is 26.5 Å². The maximum absolute atomic E-state index is 11.9. The normalized spacial score (nSPS) is 11.6. The van der Waals surface area contributed by atoms with Crippen molar-refractivity contribution in [2.75, 3.05) is 19.6 Å². The first-order valence-corrected chi connectivity index (χ1v) is 10.8. The molecule has 0 amide bonds. The van der Waals surface area contributed by atoms with Gasteiger partial charge in [-0.25, -0.2) is 9.78 Å². The summed E-state index contributed by atoms with van der Waals surface area (Å²) in [4.78, 5) is 16.7. The lowest BCUT2D eigenvalue weighted by molar-refractivity contribution is 0.0605. The molecule has 0 atom stereocenters. The molecule has 8 heteroatoms. The predicted molar refractivity (Wildman–Crippen MR) is 125 cm³/mol. The number of anilines is 1. The second-order valence-electron chi connectivity index (χ2n) is 7.33. The highest BCUT2D eigenvalue weighted by atomic mass is 32.1. The van der Waals surface area contributed by atoms with Gasteiger partial charge in [0.25, 0.3) is 0 Å². The van der Waals surface area contributed by atoms with Crippen molar-refractivity contribution in [3.63, 3.8) is 0 Å². The fourth-order valence-corrected chi connectivity index (χ4v) is 4.33. The number of hydrogen-bond acceptors (Lipinski definition) is 8. The number of rotatable bonds is 5. The van der Waals surface area contributed by atoms with Gasteiger partial charge in [-0.05, 0) is 62.2 Å². The summed E-state index contributed by atoms with van der Waals surface area (Å²) in [5.74, 6) is 1.04. The lowest BCUT2D eigenvalue weighted by Gasteiger charge is -2.09. The molecule has 164 valence electrons. The van der Waals surface area contributed by atoms with Gasteiger partial charge in [-0.1, -0.05) is 17.4 Å². The Bertz CT molecular complexity index is 1370. The van der Waals surface area contributed by atoms with Crippen molar-refractivity contribution in [2.45, 2.75) is 20.8 Å². The molecule has 0 bridgehead atoms. The van der Waals surface area contributed by atoms with Crippen LogP contribution in [-0.4, -0.2) is 25.2 Å². The highest BCUT2D eigenvalue weighted by Crippen LogP contribution is 2.27. The molecule has 0 fully saturated rings. The molecule has 0 saturated carbocycles. The van der Waals surface area contributed by atoms with E-state index in [2.05, 4.69) is 21.6 Å². The number of thiazole rings is 1. The van der Waals surface area contributed by atoms with E-state index >= 15 is 0 Å². The van der Waals surface area contributed by atoms with Crippen LogP contribution in [-0.2, 0) is 4.74 Å². The van der Waals surface area contributed by atoms with Gasteiger partial charge in [0.2, 0.25) is 5.13 Å². The molecule has 32 heavy (non-hydrogen) atoms. The Morgan fingerprint density at radius 1 is 1.09 bits per heavy atom. The SMILES string of the molecule is COC(=O)c1sc(N/N=c2/cc(-c3ccc(OC)cc3)oc3cc(C)cc(C)c23)nc1C. The number of hydrogen-bond donors (Lipinski definition) is 1. The average molecular weight is 450 g/mol. The second-order valence-corrected chi connectivity index (χ2v) is 8.33. The molecule has 2 heterocycles. The Morgan fingerprint density at radius 3 is 2.53 bits per heavy atom. The molecule has 4 aromatic rings. The van der Waals surface area contributed by atoms with Crippen molar-refractivity contribution in [3.8, 4) is 17.1 Å². The van der Waals surface area contributed by atoms with Gasteiger partial charge in [0, 0.05) is 17.0 Å². The molecule has 0 saturated heterocycles. The van der Waals surface area contributed by atoms with Crippen LogP contribution in [0.3, 0.4) is 0 Å². The zero-order valence-electron chi connectivity index (χ0n) is 18.5. The van der Waals surface area contributed by atoms with Crippen LogP contribution >= 0.6 is 11.3 Å². The first kappa shape index (κ1) is 21.6. The first-order valence-electron chi connectivity index (χ1n) is 9.94. The Kier molecular flexibility index (Phi) is 5.96. The number of carbonyl (C=O) groups excluding carboxylic acids is 1. The molecule has 2 aromatic carbocycles. The lowest BCUT2D eigenvalue weighted by Crippen LogP contribution is -2.09. The minimum absolute atomic E-state index is 0.412. The monoisotopic (exact) mass is 449 g/mol. The van der Waals surface area contributed by atoms with Crippen molar-refractivity contribution >= 4 is 33.4 Å². The molecule has 0 unspecified atom stereocenters. The van der Waals surface area contributed by atoms with E-state index in [1.165, 1.54) is 18.4 Å². The van der Waals surface area contributed by atoms with Crippen molar-refractivity contribution < 1.29 is 18.7 Å².